The highest BCUT2D eigenvalue weighted by molar-refractivity contribution is 6.14. The third-order valence-corrected chi connectivity index (χ3v) is 2.13. The Morgan fingerprint density at radius 3 is 2.53 bits per heavy atom. The number of aromatic nitrogens is 2. The van der Waals surface area contributed by atoms with Crippen LogP contribution in [0.4, 0.5) is 0 Å². The van der Waals surface area contributed by atoms with Gasteiger partial charge in [-0.3, -0.25) is 0 Å². The zero-order valence-corrected chi connectivity index (χ0v) is 9.55. The molecule has 0 fully saturated rings. The molecule has 0 bridgehead atoms. The number of H-pyrrole nitrogens is 1. The second-order valence-electron chi connectivity index (χ2n) is 3.36. The number of aryl methyl sites for hydroxylation is 1. The van der Waals surface area contributed by atoms with Crippen LogP contribution in [0.15, 0.2) is 49.6 Å². The lowest BCUT2D eigenvalue weighted by Crippen LogP contribution is -1.99. The molecule has 1 aromatic heterocycles. The normalized spacial score (nSPS) is 9.00. The summed E-state index contributed by atoms with van der Waals surface area (Å²) in [5, 5.41) is 8.66. The minimum absolute atomic E-state index is 0.146. The highest BCUT2D eigenvalue weighted by Crippen LogP contribution is 2.16. The van der Waals surface area contributed by atoms with Crippen molar-refractivity contribution in [3.8, 4) is 0 Å². The number of benzene rings is 1. The van der Waals surface area contributed by atoms with Gasteiger partial charge in [0.1, 0.15) is 0 Å². The molecule has 0 aliphatic heterocycles. The predicted molar refractivity (Wildman–Crippen MR) is 66.4 cm³/mol. The number of carboxylic acids is 1. The highest BCUT2D eigenvalue weighted by atomic mass is 16.4. The summed E-state index contributed by atoms with van der Waals surface area (Å²) in [7, 11) is 0. The first-order valence-corrected chi connectivity index (χ1v) is 5.04. The second-order valence-corrected chi connectivity index (χ2v) is 3.36. The quantitative estimate of drug-likeness (QED) is 0.779. The van der Waals surface area contributed by atoms with Crippen molar-refractivity contribution in [3.05, 3.63) is 60.7 Å². The monoisotopic (exact) mass is 230 g/mol. The highest BCUT2D eigenvalue weighted by Gasteiger charge is 2.08. The molecule has 17 heavy (non-hydrogen) atoms. The first-order valence-electron chi connectivity index (χ1n) is 5.04. The van der Waals surface area contributed by atoms with E-state index >= 15 is 0 Å². The summed E-state index contributed by atoms with van der Waals surface area (Å²) < 4.78 is 0. The summed E-state index contributed by atoms with van der Waals surface area (Å²) in [6.45, 7) is 5.35. The fourth-order valence-corrected chi connectivity index (χ4v) is 1.24. The number of aromatic amines is 1. The lowest BCUT2D eigenvalue weighted by Gasteiger charge is -2.03. The third kappa shape index (κ3) is 3.95. The van der Waals surface area contributed by atoms with Crippen LogP contribution in [0.2, 0.25) is 0 Å². The lowest BCUT2D eigenvalue weighted by atomic mass is 10.0. The van der Waals surface area contributed by atoms with E-state index in [2.05, 4.69) is 16.5 Å². The largest absolute Gasteiger partial charge is 0.478 e. The number of hydrogen-bond acceptors (Lipinski definition) is 2. The Kier molecular flexibility index (Phi) is 4.69. The van der Waals surface area contributed by atoms with Crippen molar-refractivity contribution >= 4 is 11.5 Å². The van der Waals surface area contributed by atoms with Gasteiger partial charge in [0.05, 0.1) is 11.9 Å². The molecular formula is C13H14N2O2. The van der Waals surface area contributed by atoms with Crippen molar-refractivity contribution in [3.63, 3.8) is 0 Å². The molecule has 1 heterocycles. The van der Waals surface area contributed by atoms with Crippen molar-refractivity contribution in [1.29, 1.82) is 0 Å². The number of hydrogen-bond donors (Lipinski definition) is 2. The van der Waals surface area contributed by atoms with Crippen molar-refractivity contribution in [2.24, 2.45) is 0 Å². The molecule has 2 N–H and O–H groups in total. The number of carbonyl (C=O) groups is 1. The van der Waals surface area contributed by atoms with E-state index in [0.29, 0.717) is 5.56 Å². The van der Waals surface area contributed by atoms with Gasteiger partial charge in [-0.15, -0.1) is 0 Å². The number of aliphatic carboxylic acids is 1. The number of rotatable bonds is 2. The van der Waals surface area contributed by atoms with Crippen LogP contribution in [0, 0.1) is 6.92 Å². The maximum absolute atomic E-state index is 10.6. The summed E-state index contributed by atoms with van der Waals surface area (Å²) in [5.74, 6) is -0.968. The fraction of sp³-hybridized carbons (Fsp3) is 0.0769. The molecule has 2 aromatic rings. The molecule has 0 aliphatic carbocycles. The molecule has 0 saturated heterocycles. The predicted octanol–water partition coefficient (Wildman–Crippen LogP) is 2.50. The summed E-state index contributed by atoms with van der Waals surface area (Å²) in [6.07, 6.45) is 5.08. The molecule has 0 atom stereocenters. The average molecular weight is 230 g/mol. The Morgan fingerprint density at radius 2 is 2.12 bits per heavy atom. The summed E-state index contributed by atoms with van der Waals surface area (Å²) >= 11 is 0. The van der Waals surface area contributed by atoms with Gasteiger partial charge < -0.3 is 10.1 Å². The van der Waals surface area contributed by atoms with Gasteiger partial charge in [-0.05, 0) is 18.1 Å². The van der Waals surface area contributed by atoms with Gasteiger partial charge in [-0.2, -0.15) is 0 Å². The Bertz CT molecular complexity index is 473. The van der Waals surface area contributed by atoms with Crippen molar-refractivity contribution in [2.45, 2.75) is 6.92 Å². The van der Waals surface area contributed by atoms with Crippen LogP contribution in [-0.4, -0.2) is 21.0 Å². The molecular weight excluding hydrogens is 216 g/mol. The zero-order valence-electron chi connectivity index (χ0n) is 9.55. The molecule has 0 saturated carbocycles. The molecule has 0 amide bonds. The van der Waals surface area contributed by atoms with E-state index in [1.165, 1.54) is 0 Å². The van der Waals surface area contributed by atoms with E-state index in [0.717, 1.165) is 5.56 Å². The van der Waals surface area contributed by atoms with Gasteiger partial charge in [0.2, 0.25) is 0 Å². The summed E-state index contributed by atoms with van der Waals surface area (Å²) in [4.78, 5) is 17.0. The van der Waals surface area contributed by atoms with Gasteiger partial charge in [0, 0.05) is 12.4 Å². The van der Waals surface area contributed by atoms with Crippen molar-refractivity contribution < 1.29 is 9.90 Å². The molecule has 2 rings (SSSR count). The molecule has 0 radical (unpaired) electrons. The Balaban J connectivity index is 0.000000239. The topological polar surface area (TPSA) is 66.0 Å². The van der Waals surface area contributed by atoms with Crippen LogP contribution in [0.1, 0.15) is 11.1 Å². The molecule has 88 valence electrons. The van der Waals surface area contributed by atoms with Crippen molar-refractivity contribution in [1.82, 2.24) is 9.97 Å². The van der Waals surface area contributed by atoms with Gasteiger partial charge in [0.15, 0.2) is 0 Å². The SMILES string of the molecule is C=C(C(=O)O)c1ccccc1C.c1c[nH]cn1. The first-order chi connectivity index (χ1) is 8.13. The van der Waals surface area contributed by atoms with Crippen LogP contribution in [0.3, 0.4) is 0 Å². The van der Waals surface area contributed by atoms with E-state index < -0.39 is 5.97 Å². The van der Waals surface area contributed by atoms with E-state index in [-0.39, 0.29) is 5.57 Å². The molecule has 1 aromatic carbocycles. The van der Waals surface area contributed by atoms with E-state index in [4.69, 9.17) is 5.11 Å². The Morgan fingerprint density at radius 1 is 1.41 bits per heavy atom. The summed E-state index contributed by atoms with van der Waals surface area (Å²) in [6, 6.07) is 7.29. The minimum atomic E-state index is -0.968. The van der Waals surface area contributed by atoms with E-state index in [1.54, 1.807) is 30.9 Å². The Hall–Kier alpha value is -2.36. The van der Waals surface area contributed by atoms with Crippen LogP contribution in [0.25, 0.3) is 5.57 Å². The van der Waals surface area contributed by atoms with Crippen LogP contribution >= 0.6 is 0 Å². The first kappa shape index (κ1) is 12.7. The molecule has 4 nitrogen and oxygen atoms in total. The Labute approximate surface area is 99.6 Å². The molecule has 0 spiro atoms. The lowest BCUT2D eigenvalue weighted by molar-refractivity contribution is -0.130. The zero-order chi connectivity index (χ0) is 12.7. The van der Waals surface area contributed by atoms with Gasteiger partial charge >= 0.3 is 5.97 Å². The number of carboxylic acid groups (broad SMARTS) is 1. The van der Waals surface area contributed by atoms with Crippen LogP contribution in [0.5, 0.6) is 0 Å². The van der Waals surface area contributed by atoms with E-state index in [1.807, 2.05) is 19.1 Å². The standard InChI is InChI=1S/C10H10O2.C3H4N2/c1-7-5-3-4-6-9(7)8(2)10(11)12;1-2-5-3-4-1/h3-6H,2H2,1H3,(H,11,12);1-3H,(H,4,5). The fourth-order valence-electron chi connectivity index (χ4n) is 1.24. The molecule has 0 unspecified atom stereocenters. The number of imidazole rings is 1. The van der Waals surface area contributed by atoms with Gasteiger partial charge in [0.25, 0.3) is 0 Å². The minimum Gasteiger partial charge on any atom is -0.478 e. The number of nitrogens with one attached hydrogen (secondary N) is 1. The second kappa shape index (κ2) is 6.27. The maximum Gasteiger partial charge on any atom is 0.335 e. The van der Waals surface area contributed by atoms with Gasteiger partial charge in [-0.1, -0.05) is 30.8 Å². The third-order valence-electron chi connectivity index (χ3n) is 2.13. The van der Waals surface area contributed by atoms with Crippen LogP contribution < -0.4 is 0 Å². The smallest absolute Gasteiger partial charge is 0.335 e. The van der Waals surface area contributed by atoms with Gasteiger partial charge in [-0.25, -0.2) is 9.78 Å². The van der Waals surface area contributed by atoms with Crippen LogP contribution in [-0.2, 0) is 4.79 Å². The summed E-state index contributed by atoms with van der Waals surface area (Å²) in [5.41, 5.74) is 1.78. The molecule has 4 heteroatoms. The number of nitrogens with zero attached hydrogens (tertiary/aromatic N) is 1. The van der Waals surface area contributed by atoms with E-state index in [9.17, 15) is 4.79 Å². The average Bonchev–Trinajstić information content (AvgIpc) is 2.87. The maximum atomic E-state index is 10.6. The molecule has 0 aliphatic rings. The van der Waals surface area contributed by atoms with Crippen molar-refractivity contribution in [2.75, 3.05) is 0 Å².